The third-order valence-corrected chi connectivity index (χ3v) is 6.94. The van der Waals surface area contributed by atoms with E-state index in [0.717, 1.165) is 32.2 Å². The Morgan fingerprint density at radius 2 is 1.89 bits per heavy atom. The first-order valence-electron chi connectivity index (χ1n) is 10.5. The van der Waals surface area contributed by atoms with Crippen LogP contribution in [0.4, 0.5) is 0 Å². The SMILES string of the molecule is O=C(NC[C@@]12CCC[C@H]1N(CC1CCCCC1)C(=O)CC2)c1ncccn1. The van der Waals surface area contributed by atoms with Crippen molar-refractivity contribution in [3.63, 3.8) is 0 Å². The van der Waals surface area contributed by atoms with E-state index in [2.05, 4.69) is 20.2 Å². The first-order chi connectivity index (χ1) is 13.2. The molecule has 2 heterocycles. The van der Waals surface area contributed by atoms with Crippen LogP contribution in [-0.2, 0) is 4.79 Å². The molecule has 2 saturated carbocycles. The summed E-state index contributed by atoms with van der Waals surface area (Å²) in [5, 5.41) is 3.07. The summed E-state index contributed by atoms with van der Waals surface area (Å²) in [4.78, 5) is 35.4. The highest BCUT2D eigenvalue weighted by Gasteiger charge is 2.50. The molecule has 0 bridgehead atoms. The van der Waals surface area contributed by atoms with Crippen molar-refractivity contribution < 1.29 is 9.59 Å². The maximum absolute atomic E-state index is 12.7. The molecule has 1 aliphatic heterocycles. The van der Waals surface area contributed by atoms with Gasteiger partial charge in [-0.1, -0.05) is 25.7 Å². The third-order valence-electron chi connectivity index (χ3n) is 6.94. The summed E-state index contributed by atoms with van der Waals surface area (Å²) in [5.74, 6) is 0.980. The van der Waals surface area contributed by atoms with Gasteiger partial charge in [0.25, 0.3) is 5.91 Å². The highest BCUT2D eigenvalue weighted by atomic mass is 16.2. The number of nitrogens with zero attached hydrogens (tertiary/aromatic N) is 3. The Bertz CT molecular complexity index is 674. The second-order valence-electron chi connectivity index (χ2n) is 8.58. The molecule has 27 heavy (non-hydrogen) atoms. The van der Waals surface area contributed by atoms with E-state index < -0.39 is 0 Å². The van der Waals surface area contributed by atoms with Crippen LogP contribution in [0.25, 0.3) is 0 Å². The lowest BCUT2D eigenvalue weighted by Gasteiger charge is -2.47. The average Bonchev–Trinajstić information content (AvgIpc) is 3.14. The fourth-order valence-corrected chi connectivity index (χ4v) is 5.49. The molecule has 0 radical (unpaired) electrons. The smallest absolute Gasteiger partial charge is 0.289 e. The highest BCUT2D eigenvalue weighted by molar-refractivity contribution is 5.90. The normalized spacial score (nSPS) is 28.8. The average molecular weight is 370 g/mol. The fraction of sp³-hybridized carbons (Fsp3) is 0.714. The van der Waals surface area contributed by atoms with Gasteiger partial charge in [-0.3, -0.25) is 9.59 Å². The summed E-state index contributed by atoms with van der Waals surface area (Å²) in [6, 6.07) is 1.98. The molecule has 3 fully saturated rings. The molecule has 2 aliphatic carbocycles. The number of piperidine rings is 1. The van der Waals surface area contributed by atoms with Crippen molar-refractivity contribution in [1.29, 1.82) is 0 Å². The number of hydrogen-bond acceptors (Lipinski definition) is 4. The van der Waals surface area contributed by atoms with Gasteiger partial charge in [0.15, 0.2) is 0 Å². The number of likely N-dealkylation sites (tertiary alicyclic amines) is 1. The Hall–Kier alpha value is -1.98. The molecule has 6 nitrogen and oxygen atoms in total. The second kappa shape index (κ2) is 7.95. The topological polar surface area (TPSA) is 75.2 Å². The van der Waals surface area contributed by atoms with Gasteiger partial charge < -0.3 is 10.2 Å². The number of aromatic nitrogens is 2. The van der Waals surface area contributed by atoms with Crippen LogP contribution in [0.5, 0.6) is 0 Å². The van der Waals surface area contributed by atoms with Crippen molar-refractivity contribution in [2.24, 2.45) is 11.3 Å². The summed E-state index contributed by atoms with van der Waals surface area (Å²) in [7, 11) is 0. The van der Waals surface area contributed by atoms with E-state index in [-0.39, 0.29) is 23.2 Å². The van der Waals surface area contributed by atoms with E-state index in [9.17, 15) is 9.59 Å². The van der Waals surface area contributed by atoms with Crippen molar-refractivity contribution in [2.75, 3.05) is 13.1 Å². The number of hydrogen-bond donors (Lipinski definition) is 1. The number of fused-ring (bicyclic) bond motifs is 1. The third kappa shape index (κ3) is 3.85. The van der Waals surface area contributed by atoms with E-state index in [1.807, 2.05) is 0 Å². The fourth-order valence-electron chi connectivity index (χ4n) is 5.49. The van der Waals surface area contributed by atoms with Gasteiger partial charge in [0.2, 0.25) is 11.7 Å². The summed E-state index contributed by atoms with van der Waals surface area (Å²) in [5.41, 5.74) is 0.0209. The molecule has 1 N–H and O–H groups in total. The minimum Gasteiger partial charge on any atom is -0.349 e. The number of carbonyl (C=O) groups is 2. The van der Waals surface area contributed by atoms with Crippen molar-refractivity contribution in [1.82, 2.24) is 20.2 Å². The van der Waals surface area contributed by atoms with Gasteiger partial charge in [-0.15, -0.1) is 0 Å². The number of carbonyl (C=O) groups excluding carboxylic acids is 2. The lowest BCUT2D eigenvalue weighted by molar-refractivity contribution is -0.142. The zero-order valence-corrected chi connectivity index (χ0v) is 16.0. The largest absolute Gasteiger partial charge is 0.349 e. The van der Waals surface area contributed by atoms with Crippen LogP contribution < -0.4 is 5.32 Å². The van der Waals surface area contributed by atoms with Crippen molar-refractivity contribution in [3.8, 4) is 0 Å². The molecule has 1 aromatic heterocycles. The van der Waals surface area contributed by atoms with Crippen LogP contribution >= 0.6 is 0 Å². The predicted molar refractivity (Wildman–Crippen MR) is 102 cm³/mol. The Morgan fingerprint density at radius 1 is 1.11 bits per heavy atom. The first kappa shape index (κ1) is 18.4. The molecule has 146 valence electrons. The second-order valence-corrected chi connectivity index (χ2v) is 8.58. The molecule has 2 atom stereocenters. The van der Waals surface area contributed by atoms with Crippen molar-refractivity contribution in [2.45, 2.75) is 70.3 Å². The van der Waals surface area contributed by atoms with Gasteiger partial charge in [0, 0.05) is 43.4 Å². The van der Waals surface area contributed by atoms with Gasteiger partial charge in [0.1, 0.15) is 0 Å². The summed E-state index contributed by atoms with van der Waals surface area (Å²) < 4.78 is 0. The minimum absolute atomic E-state index is 0.0209. The van der Waals surface area contributed by atoms with Gasteiger partial charge in [-0.25, -0.2) is 9.97 Å². The quantitative estimate of drug-likeness (QED) is 0.865. The van der Waals surface area contributed by atoms with Crippen LogP contribution in [-0.4, -0.2) is 45.8 Å². The Balaban J connectivity index is 1.44. The van der Waals surface area contributed by atoms with E-state index in [1.54, 1.807) is 18.5 Å². The molecule has 0 spiro atoms. The number of nitrogens with one attached hydrogen (secondary N) is 1. The maximum atomic E-state index is 12.7. The standard InChI is InChI=1S/C21H30N4O2/c26-18-9-11-21(15-24-20(27)19-22-12-5-13-23-19)10-4-8-17(21)25(18)14-16-6-2-1-3-7-16/h5,12-13,16-17H,1-4,6-11,14-15H2,(H,24,27)/t17-,21+/m1/s1. The lowest BCUT2D eigenvalue weighted by atomic mass is 9.74. The molecule has 0 unspecified atom stereocenters. The van der Waals surface area contributed by atoms with Crippen molar-refractivity contribution >= 4 is 11.8 Å². The van der Waals surface area contributed by atoms with Gasteiger partial charge in [0.05, 0.1) is 0 Å². The van der Waals surface area contributed by atoms with E-state index in [4.69, 9.17) is 0 Å². The molecule has 4 rings (SSSR count). The summed E-state index contributed by atoms with van der Waals surface area (Å²) >= 11 is 0. The molecule has 6 heteroatoms. The van der Waals surface area contributed by atoms with Crippen LogP contribution in [0.3, 0.4) is 0 Å². The van der Waals surface area contributed by atoms with Gasteiger partial charge in [-0.2, -0.15) is 0 Å². The van der Waals surface area contributed by atoms with Crippen LogP contribution in [0.2, 0.25) is 0 Å². The van der Waals surface area contributed by atoms with E-state index in [1.165, 1.54) is 32.1 Å². The molecular formula is C21H30N4O2. The van der Waals surface area contributed by atoms with Gasteiger partial charge in [-0.05, 0) is 44.1 Å². The Morgan fingerprint density at radius 3 is 2.67 bits per heavy atom. The first-order valence-corrected chi connectivity index (χ1v) is 10.5. The molecule has 2 amide bonds. The maximum Gasteiger partial charge on any atom is 0.289 e. The minimum atomic E-state index is -0.216. The van der Waals surface area contributed by atoms with Gasteiger partial charge >= 0.3 is 0 Å². The molecule has 3 aliphatic rings. The summed E-state index contributed by atoms with van der Waals surface area (Å²) in [6.07, 6.45) is 14.4. The van der Waals surface area contributed by atoms with E-state index >= 15 is 0 Å². The van der Waals surface area contributed by atoms with Crippen LogP contribution in [0, 0.1) is 11.3 Å². The Labute approximate surface area is 161 Å². The lowest BCUT2D eigenvalue weighted by Crippen LogP contribution is -2.57. The summed E-state index contributed by atoms with van der Waals surface area (Å²) in [6.45, 7) is 1.53. The highest BCUT2D eigenvalue weighted by Crippen LogP contribution is 2.48. The molecule has 1 saturated heterocycles. The predicted octanol–water partition coefficient (Wildman–Crippen LogP) is 2.95. The van der Waals surface area contributed by atoms with Crippen molar-refractivity contribution in [3.05, 3.63) is 24.3 Å². The molecule has 1 aromatic rings. The van der Waals surface area contributed by atoms with Crippen LogP contribution in [0.1, 0.15) is 74.8 Å². The number of rotatable bonds is 5. The molecule has 0 aromatic carbocycles. The molecular weight excluding hydrogens is 340 g/mol. The zero-order chi connectivity index (χ0) is 18.7. The number of amides is 2. The monoisotopic (exact) mass is 370 g/mol. The zero-order valence-electron chi connectivity index (χ0n) is 16.0. The van der Waals surface area contributed by atoms with Crippen LogP contribution in [0.15, 0.2) is 18.5 Å². The Kier molecular flexibility index (Phi) is 5.41. The van der Waals surface area contributed by atoms with E-state index in [0.29, 0.717) is 24.8 Å².